The molecule has 1 aliphatic heterocycles. The predicted octanol–water partition coefficient (Wildman–Crippen LogP) is 2.34. The van der Waals surface area contributed by atoms with E-state index < -0.39 is 0 Å². The fraction of sp³-hybridized carbons (Fsp3) is 0.778. The average molecular weight is 335 g/mol. The first-order chi connectivity index (χ1) is 11.6. The lowest BCUT2D eigenvalue weighted by Crippen LogP contribution is -2.46. The number of hydrogen-bond acceptors (Lipinski definition) is 3. The van der Waals surface area contributed by atoms with Crippen molar-refractivity contribution in [3.05, 3.63) is 17.0 Å². The lowest BCUT2D eigenvalue weighted by molar-refractivity contribution is 0.182. The summed E-state index contributed by atoms with van der Waals surface area (Å²) in [6.07, 6.45) is 2.57. The molecule has 2 heterocycles. The number of rotatable bonds is 6. The zero-order chi connectivity index (χ0) is 17.5. The van der Waals surface area contributed by atoms with Crippen LogP contribution in [0.25, 0.3) is 0 Å². The second kappa shape index (κ2) is 9.06. The van der Waals surface area contributed by atoms with Gasteiger partial charge in [0, 0.05) is 38.0 Å². The molecule has 0 saturated carbocycles. The van der Waals surface area contributed by atoms with Gasteiger partial charge >= 0.3 is 0 Å². The molecule has 0 radical (unpaired) electrons. The zero-order valence-corrected chi connectivity index (χ0v) is 15.9. The van der Waals surface area contributed by atoms with Crippen LogP contribution in [0.4, 0.5) is 0 Å². The van der Waals surface area contributed by atoms with E-state index >= 15 is 0 Å². The Hall–Kier alpha value is -1.56. The normalized spacial score (nSPS) is 19.0. The van der Waals surface area contributed by atoms with E-state index in [0.29, 0.717) is 13.2 Å². The molecule has 0 aliphatic carbocycles. The first-order valence-electron chi connectivity index (χ1n) is 9.11. The topological polar surface area (TPSA) is 54.7 Å². The van der Waals surface area contributed by atoms with Crippen molar-refractivity contribution in [2.24, 2.45) is 10.9 Å². The Morgan fingerprint density at radius 1 is 1.42 bits per heavy atom. The number of aliphatic imine (C=N–C) groups is 1. The Kier molecular flexibility index (Phi) is 7.09. The molecular formula is C18H33N5O. The van der Waals surface area contributed by atoms with Gasteiger partial charge in [0.25, 0.3) is 0 Å². The highest BCUT2D eigenvalue weighted by atomic mass is 16.5. The molecule has 0 amide bonds. The molecule has 136 valence electrons. The molecular weight excluding hydrogens is 302 g/mol. The van der Waals surface area contributed by atoms with Gasteiger partial charge in [0.1, 0.15) is 0 Å². The molecule has 1 N–H and O–H groups in total. The summed E-state index contributed by atoms with van der Waals surface area (Å²) >= 11 is 0. The number of guanidine groups is 1. The minimum atomic E-state index is 0.678. The van der Waals surface area contributed by atoms with Crippen molar-refractivity contribution < 1.29 is 4.74 Å². The first-order valence-corrected chi connectivity index (χ1v) is 9.11. The number of nitrogens with one attached hydrogen (secondary N) is 1. The highest BCUT2D eigenvalue weighted by molar-refractivity contribution is 5.80. The van der Waals surface area contributed by atoms with Crippen molar-refractivity contribution >= 4 is 5.96 Å². The van der Waals surface area contributed by atoms with E-state index in [2.05, 4.69) is 43.0 Å². The maximum atomic E-state index is 5.16. The van der Waals surface area contributed by atoms with Crippen LogP contribution in [0.1, 0.15) is 43.6 Å². The van der Waals surface area contributed by atoms with Crippen LogP contribution >= 0.6 is 0 Å². The number of nitrogens with zero attached hydrogens (tertiary/aromatic N) is 4. The van der Waals surface area contributed by atoms with Gasteiger partial charge in [-0.2, -0.15) is 5.10 Å². The average Bonchev–Trinajstić information content (AvgIpc) is 2.83. The Morgan fingerprint density at radius 3 is 2.88 bits per heavy atom. The molecule has 0 spiro atoms. The summed E-state index contributed by atoms with van der Waals surface area (Å²) in [5.74, 6) is 1.77. The van der Waals surface area contributed by atoms with Gasteiger partial charge in [0.05, 0.1) is 25.4 Å². The number of methoxy groups -OCH3 is 1. The highest BCUT2D eigenvalue weighted by Gasteiger charge is 2.19. The summed E-state index contributed by atoms with van der Waals surface area (Å²) in [5, 5.41) is 8.08. The number of ether oxygens (including phenoxy) is 1. The molecule has 1 unspecified atom stereocenters. The second-order valence-corrected chi connectivity index (χ2v) is 6.73. The summed E-state index contributed by atoms with van der Waals surface area (Å²) in [6, 6.07) is 0. The van der Waals surface area contributed by atoms with Crippen molar-refractivity contribution in [3.8, 4) is 0 Å². The van der Waals surface area contributed by atoms with E-state index in [1.165, 1.54) is 24.1 Å². The summed E-state index contributed by atoms with van der Waals surface area (Å²) in [5.41, 5.74) is 3.48. The van der Waals surface area contributed by atoms with E-state index in [-0.39, 0.29) is 0 Å². The minimum absolute atomic E-state index is 0.678. The van der Waals surface area contributed by atoms with Gasteiger partial charge in [-0.05, 0) is 39.5 Å². The van der Waals surface area contributed by atoms with Crippen LogP contribution in [-0.2, 0) is 17.8 Å². The molecule has 6 nitrogen and oxygen atoms in total. The highest BCUT2D eigenvalue weighted by Crippen LogP contribution is 2.17. The van der Waals surface area contributed by atoms with Crippen LogP contribution in [0.2, 0.25) is 0 Å². The third kappa shape index (κ3) is 4.72. The van der Waals surface area contributed by atoms with E-state index in [9.17, 15) is 0 Å². The van der Waals surface area contributed by atoms with E-state index in [1.807, 2.05) is 4.68 Å². The summed E-state index contributed by atoms with van der Waals surface area (Å²) < 4.78 is 7.19. The molecule has 24 heavy (non-hydrogen) atoms. The molecule has 2 rings (SSSR count). The molecule has 1 aromatic rings. The lowest BCUT2D eigenvalue weighted by Gasteiger charge is -2.33. The van der Waals surface area contributed by atoms with Crippen LogP contribution in [0.3, 0.4) is 0 Å². The van der Waals surface area contributed by atoms with E-state index in [4.69, 9.17) is 9.73 Å². The fourth-order valence-electron chi connectivity index (χ4n) is 3.32. The number of aryl methyl sites for hydroxylation is 1. The molecule has 1 fully saturated rings. The van der Waals surface area contributed by atoms with Gasteiger partial charge in [0.2, 0.25) is 0 Å². The number of likely N-dealkylation sites (tertiary alicyclic amines) is 1. The first kappa shape index (κ1) is 18.8. The maximum Gasteiger partial charge on any atom is 0.194 e. The molecule has 0 aromatic carbocycles. The van der Waals surface area contributed by atoms with Gasteiger partial charge in [0.15, 0.2) is 5.96 Å². The third-order valence-corrected chi connectivity index (χ3v) is 4.72. The molecule has 6 heteroatoms. The van der Waals surface area contributed by atoms with Crippen LogP contribution in [0, 0.1) is 19.8 Å². The van der Waals surface area contributed by atoms with E-state index in [0.717, 1.165) is 43.8 Å². The minimum Gasteiger partial charge on any atom is -0.383 e. The van der Waals surface area contributed by atoms with Gasteiger partial charge in [-0.15, -0.1) is 0 Å². The van der Waals surface area contributed by atoms with Crippen LogP contribution in [0.15, 0.2) is 4.99 Å². The van der Waals surface area contributed by atoms with Crippen molar-refractivity contribution in [2.45, 2.75) is 53.6 Å². The van der Waals surface area contributed by atoms with Gasteiger partial charge in [-0.3, -0.25) is 4.68 Å². The van der Waals surface area contributed by atoms with Crippen molar-refractivity contribution in [1.29, 1.82) is 0 Å². The lowest BCUT2D eigenvalue weighted by atomic mass is 10.0. The van der Waals surface area contributed by atoms with Crippen LogP contribution in [0.5, 0.6) is 0 Å². The number of aromatic nitrogens is 2. The summed E-state index contributed by atoms with van der Waals surface area (Å²) in [7, 11) is 1.72. The van der Waals surface area contributed by atoms with Gasteiger partial charge < -0.3 is 15.0 Å². The Bertz CT molecular complexity index is 552. The fourth-order valence-corrected chi connectivity index (χ4v) is 3.32. The predicted molar refractivity (Wildman–Crippen MR) is 98.4 cm³/mol. The Labute approximate surface area is 146 Å². The monoisotopic (exact) mass is 335 g/mol. The second-order valence-electron chi connectivity index (χ2n) is 6.73. The maximum absolute atomic E-state index is 5.16. The standard InChI is InChI=1S/C18H33N5O/c1-6-19-18(22-9-7-8-14(2)13-22)20-12-17-15(3)21-23(16(17)4)10-11-24-5/h14H,6-13H2,1-5H3,(H,19,20). The summed E-state index contributed by atoms with van der Waals surface area (Å²) in [6.45, 7) is 13.9. The zero-order valence-electron chi connectivity index (χ0n) is 15.9. The smallest absolute Gasteiger partial charge is 0.194 e. The van der Waals surface area contributed by atoms with Crippen LogP contribution < -0.4 is 5.32 Å². The van der Waals surface area contributed by atoms with Crippen LogP contribution in [-0.4, -0.2) is 54.0 Å². The van der Waals surface area contributed by atoms with Gasteiger partial charge in [-0.25, -0.2) is 4.99 Å². The number of hydrogen-bond donors (Lipinski definition) is 1. The molecule has 1 saturated heterocycles. The quantitative estimate of drug-likeness (QED) is 0.640. The third-order valence-electron chi connectivity index (χ3n) is 4.72. The number of piperidine rings is 1. The molecule has 0 bridgehead atoms. The molecule has 1 aliphatic rings. The molecule has 1 aromatic heterocycles. The SMILES string of the molecule is CCNC(=NCc1c(C)nn(CCOC)c1C)N1CCCC(C)C1. The van der Waals surface area contributed by atoms with Gasteiger partial charge in [-0.1, -0.05) is 6.92 Å². The van der Waals surface area contributed by atoms with Crippen molar-refractivity contribution in [3.63, 3.8) is 0 Å². The van der Waals surface area contributed by atoms with Crippen molar-refractivity contribution in [1.82, 2.24) is 20.0 Å². The molecule has 1 atom stereocenters. The Balaban J connectivity index is 2.12. The Morgan fingerprint density at radius 2 is 2.21 bits per heavy atom. The van der Waals surface area contributed by atoms with Crippen molar-refractivity contribution in [2.75, 3.05) is 33.4 Å². The summed E-state index contributed by atoms with van der Waals surface area (Å²) in [4.78, 5) is 7.30. The van der Waals surface area contributed by atoms with E-state index in [1.54, 1.807) is 7.11 Å². The largest absolute Gasteiger partial charge is 0.383 e.